The van der Waals surface area contributed by atoms with Crippen LogP contribution in [0.4, 0.5) is 15.1 Å². The van der Waals surface area contributed by atoms with Gasteiger partial charge in [-0.25, -0.2) is 14.0 Å². The van der Waals surface area contributed by atoms with Crippen LogP contribution in [0.3, 0.4) is 0 Å². The molecule has 0 fully saturated rings. The summed E-state index contributed by atoms with van der Waals surface area (Å²) < 4.78 is 18.2. The summed E-state index contributed by atoms with van der Waals surface area (Å²) >= 11 is 0. The number of imidazole rings is 1. The lowest BCUT2D eigenvalue weighted by atomic mass is 10.2. The number of aryl methyl sites for hydroxylation is 1. The van der Waals surface area contributed by atoms with Crippen molar-refractivity contribution in [3.05, 3.63) is 56.5 Å². The summed E-state index contributed by atoms with van der Waals surface area (Å²) in [7, 11) is 2.92. The Morgan fingerprint density at radius 1 is 1.09 bits per heavy atom. The molecule has 0 spiro atoms. The van der Waals surface area contributed by atoms with Crippen LogP contribution in [-0.4, -0.2) is 55.8 Å². The van der Waals surface area contributed by atoms with Crippen molar-refractivity contribution < 1.29 is 9.18 Å². The maximum atomic E-state index is 14.3. The predicted molar refractivity (Wildman–Crippen MR) is 121 cm³/mol. The van der Waals surface area contributed by atoms with E-state index in [4.69, 9.17) is 0 Å². The third kappa shape index (κ3) is 4.36. The van der Waals surface area contributed by atoms with Gasteiger partial charge < -0.3 is 15.5 Å². The lowest BCUT2D eigenvalue weighted by molar-refractivity contribution is 0.203. The summed E-state index contributed by atoms with van der Waals surface area (Å²) in [5.74, 6) is -0.105. The van der Waals surface area contributed by atoms with Crippen LogP contribution >= 0.6 is 0 Å². The zero-order valence-electron chi connectivity index (χ0n) is 18.7. The van der Waals surface area contributed by atoms with E-state index in [0.29, 0.717) is 37.7 Å². The van der Waals surface area contributed by atoms with Crippen molar-refractivity contribution >= 4 is 23.1 Å². The molecule has 0 atom stereocenters. The second-order valence-electron chi connectivity index (χ2n) is 7.32. The second-order valence-corrected chi connectivity index (χ2v) is 7.32. The number of hydrogen-bond acceptors (Lipinski definition) is 5. The zero-order valence-corrected chi connectivity index (χ0v) is 18.7. The largest absolute Gasteiger partial charge is 0.354 e. The number of nitrogens with one attached hydrogen (secondary N) is 2. The highest BCUT2D eigenvalue weighted by atomic mass is 19.1. The highest BCUT2D eigenvalue weighted by Gasteiger charge is 2.20. The van der Waals surface area contributed by atoms with Crippen LogP contribution in [0.5, 0.6) is 0 Å². The summed E-state index contributed by atoms with van der Waals surface area (Å²) in [6, 6.07) is 6.10. The van der Waals surface area contributed by atoms with Crippen molar-refractivity contribution in [1.82, 2.24) is 28.9 Å². The standard InChI is InChI=1S/C21H28FN7O3/c1-5-28(6-2)20(31)24-12-11-23-19-25-17-16(18(30)27(4)21(32)26(17)3)29(19)13-14-9-7-8-10-15(14)22/h7-10H,5-6,11-13H2,1-4H3,(H,23,25)(H,24,31). The molecule has 0 aliphatic carbocycles. The van der Waals surface area contributed by atoms with Gasteiger partial charge in [0.05, 0.1) is 6.54 Å². The van der Waals surface area contributed by atoms with Crippen LogP contribution in [0.1, 0.15) is 19.4 Å². The van der Waals surface area contributed by atoms with Crippen molar-refractivity contribution in [3.63, 3.8) is 0 Å². The number of rotatable bonds is 8. The quantitative estimate of drug-likeness (QED) is 0.505. The van der Waals surface area contributed by atoms with Crippen LogP contribution in [0.15, 0.2) is 33.9 Å². The lowest BCUT2D eigenvalue weighted by Crippen LogP contribution is -2.41. The Kier molecular flexibility index (Phi) is 6.96. The Balaban J connectivity index is 1.94. The molecule has 32 heavy (non-hydrogen) atoms. The highest BCUT2D eigenvalue weighted by Crippen LogP contribution is 2.19. The molecule has 172 valence electrons. The number of fused-ring (bicyclic) bond motifs is 1. The summed E-state index contributed by atoms with van der Waals surface area (Å²) in [6.07, 6.45) is 0. The molecule has 2 N–H and O–H groups in total. The molecule has 0 bridgehead atoms. The molecule has 2 aromatic heterocycles. The Morgan fingerprint density at radius 2 is 1.78 bits per heavy atom. The first kappa shape index (κ1) is 23.0. The topological polar surface area (TPSA) is 106 Å². The Morgan fingerprint density at radius 3 is 2.44 bits per heavy atom. The lowest BCUT2D eigenvalue weighted by Gasteiger charge is -2.19. The molecule has 2 heterocycles. The number of urea groups is 1. The van der Waals surface area contributed by atoms with Gasteiger partial charge in [-0.05, 0) is 19.9 Å². The number of nitrogens with zero attached hydrogens (tertiary/aromatic N) is 5. The minimum Gasteiger partial charge on any atom is -0.354 e. The maximum absolute atomic E-state index is 14.3. The molecule has 0 saturated heterocycles. The summed E-state index contributed by atoms with van der Waals surface area (Å²) in [5, 5.41) is 5.91. The van der Waals surface area contributed by atoms with E-state index >= 15 is 0 Å². The number of aromatic nitrogens is 4. The molecule has 0 aliphatic rings. The summed E-state index contributed by atoms with van der Waals surface area (Å²) in [5.41, 5.74) is -0.261. The van der Waals surface area contributed by atoms with Gasteiger partial charge in [-0.15, -0.1) is 0 Å². The summed E-state index contributed by atoms with van der Waals surface area (Å²) in [6.45, 7) is 5.69. The summed E-state index contributed by atoms with van der Waals surface area (Å²) in [4.78, 5) is 43.4. The molecule has 0 aliphatic heterocycles. The van der Waals surface area contributed by atoms with Crippen LogP contribution in [-0.2, 0) is 20.6 Å². The van der Waals surface area contributed by atoms with Gasteiger partial charge in [0, 0.05) is 45.8 Å². The fraction of sp³-hybridized carbons (Fsp3) is 0.429. The molecule has 10 nitrogen and oxygen atoms in total. The van der Waals surface area contributed by atoms with Gasteiger partial charge in [0.2, 0.25) is 5.95 Å². The molecular formula is C21H28FN7O3. The van der Waals surface area contributed by atoms with Crippen molar-refractivity contribution in [2.45, 2.75) is 20.4 Å². The Bertz CT molecular complexity index is 1240. The third-order valence-electron chi connectivity index (χ3n) is 5.37. The van der Waals surface area contributed by atoms with Crippen LogP contribution in [0.25, 0.3) is 11.2 Å². The van der Waals surface area contributed by atoms with Gasteiger partial charge in [-0.1, -0.05) is 18.2 Å². The van der Waals surface area contributed by atoms with Gasteiger partial charge in [-0.3, -0.25) is 18.5 Å². The van der Waals surface area contributed by atoms with Gasteiger partial charge >= 0.3 is 11.7 Å². The normalized spacial score (nSPS) is 11.0. The number of halogens is 1. The Labute approximate surface area is 184 Å². The van der Waals surface area contributed by atoms with E-state index in [1.165, 1.54) is 24.7 Å². The first-order valence-corrected chi connectivity index (χ1v) is 10.5. The molecule has 0 unspecified atom stereocenters. The first-order chi connectivity index (χ1) is 15.3. The van der Waals surface area contributed by atoms with Crippen molar-refractivity contribution in [3.8, 4) is 0 Å². The molecule has 11 heteroatoms. The number of benzene rings is 1. The molecule has 3 aromatic rings. The minimum absolute atomic E-state index is 0.0464. The van der Waals surface area contributed by atoms with Crippen LogP contribution in [0, 0.1) is 5.82 Å². The number of hydrogen-bond donors (Lipinski definition) is 2. The first-order valence-electron chi connectivity index (χ1n) is 10.5. The molecule has 3 rings (SSSR count). The minimum atomic E-state index is -0.519. The van der Waals surface area contributed by atoms with Crippen molar-refractivity contribution in [1.29, 1.82) is 0 Å². The number of amides is 2. The molecular weight excluding hydrogens is 417 g/mol. The number of carbonyl (C=O) groups excluding carboxylic acids is 1. The molecule has 2 amide bonds. The van der Waals surface area contributed by atoms with E-state index in [0.717, 1.165) is 4.57 Å². The van der Waals surface area contributed by atoms with Crippen molar-refractivity contribution in [2.24, 2.45) is 14.1 Å². The zero-order chi connectivity index (χ0) is 23.4. The van der Waals surface area contributed by atoms with Gasteiger partial charge in [-0.2, -0.15) is 4.98 Å². The fourth-order valence-electron chi connectivity index (χ4n) is 3.50. The average Bonchev–Trinajstić information content (AvgIpc) is 3.14. The van der Waals surface area contributed by atoms with Gasteiger partial charge in [0.25, 0.3) is 5.56 Å². The average molecular weight is 445 g/mol. The third-order valence-corrected chi connectivity index (χ3v) is 5.37. The van der Waals surface area contributed by atoms with E-state index in [2.05, 4.69) is 15.6 Å². The maximum Gasteiger partial charge on any atom is 0.332 e. The van der Waals surface area contributed by atoms with Gasteiger partial charge in [0.15, 0.2) is 11.2 Å². The van der Waals surface area contributed by atoms with E-state index in [1.807, 2.05) is 13.8 Å². The number of carbonyl (C=O) groups is 1. The molecule has 0 saturated carbocycles. The molecule has 1 aromatic carbocycles. The highest BCUT2D eigenvalue weighted by molar-refractivity contribution is 5.75. The van der Waals surface area contributed by atoms with Crippen LogP contribution in [0.2, 0.25) is 0 Å². The van der Waals surface area contributed by atoms with E-state index < -0.39 is 17.1 Å². The smallest absolute Gasteiger partial charge is 0.332 e. The van der Waals surface area contributed by atoms with Crippen LogP contribution < -0.4 is 21.9 Å². The predicted octanol–water partition coefficient (Wildman–Crippen LogP) is 1.08. The van der Waals surface area contributed by atoms with E-state index in [-0.39, 0.29) is 23.7 Å². The van der Waals surface area contributed by atoms with E-state index in [9.17, 15) is 18.8 Å². The molecule has 0 radical (unpaired) electrons. The van der Waals surface area contributed by atoms with Gasteiger partial charge in [0.1, 0.15) is 5.82 Å². The van der Waals surface area contributed by atoms with E-state index in [1.54, 1.807) is 27.7 Å². The monoisotopic (exact) mass is 445 g/mol. The SMILES string of the molecule is CCN(CC)C(=O)NCCNc1nc2c(c(=O)n(C)c(=O)n2C)n1Cc1ccccc1F. The second kappa shape index (κ2) is 9.67. The number of anilines is 1. The Hall–Kier alpha value is -3.63. The fourth-order valence-corrected chi connectivity index (χ4v) is 3.50. The van der Waals surface area contributed by atoms with Crippen molar-refractivity contribution in [2.75, 3.05) is 31.5 Å².